The monoisotopic (exact) mass is 210 g/mol. The first kappa shape index (κ1) is 11.4. The van der Waals surface area contributed by atoms with Gasteiger partial charge in [0.05, 0.1) is 0 Å². The predicted octanol–water partition coefficient (Wildman–Crippen LogP) is 2.25. The van der Waals surface area contributed by atoms with Crippen LogP contribution in [0.15, 0.2) is 0 Å². The molecule has 0 aromatic rings. The Morgan fingerprint density at radius 1 is 1.27 bits per heavy atom. The van der Waals surface area contributed by atoms with Crippen LogP contribution in [0.1, 0.15) is 45.4 Å². The normalized spacial score (nSPS) is 37.6. The molecule has 0 unspecified atom stereocenters. The molecule has 15 heavy (non-hydrogen) atoms. The highest BCUT2D eigenvalue weighted by Gasteiger charge is 2.39. The van der Waals surface area contributed by atoms with Crippen LogP contribution >= 0.6 is 0 Å². The molecule has 1 saturated heterocycles. The fourth-order valence-electron chi connectivity index (χ4n) is 3.35. The summed E-state index contributed by atoms with van der Waals surface area (Å²) in [6, 6.07) is 0.821. The predicted molar refractivity (Wildman–Crippen MR) is 65.1 cm³/mol. The lowest BCUT2D eigenvalue weighted by molar-refractivity contribution is 0.169. The molecule has 2 aliphatic rings. The molecule has 1 saturated carbocycles. The molecule has 1 heterocycles. The van der Waals surface area contributed by atoms with Gasteiger partial charge in [-0.1, -0.05) is 6.92 Å². The lowest BCUT2D eigenvalue weighted by Crippen LogP contribution is -2.39. The highest BCUT2D eigenvalue weighted by Crippen LogP contribution is 2.43. The van der Waals surface area contributed by atoms with Crippen molar-refractivity contribution >= 4 is 0 Å². The number of rotatable bonds is 3. The van der Waals surface area contributed by atoms with E-state index < -0.39 is 0 Å². The Balaban J connectivity index is 1.76. The molecule has 88 valence electrons. The van der Waals surface area contributed by atoms with Crippen LogP contribution in [-0.4, -0.2) is 37.6 Å². The van der Waals surface area contributed by atoms with E-state index in [0.717, 1.165) is 6.04 Å². The van der Waals surface area contributed by atoms with E-state index in [9.17, 15) is 0 Å². The van der Waals surface area contributed by atoms with Crippen molar-refractivity contribution in [3.63, 3.8) is 0 Å². The summed E-state index contributed by atoms with van der Waals surface area (Å²) in [5.74, 6) is 0. The number of hydrogen-bond acceptors (Lipinski definition) is 2. The van der Waals surface area contributed by atoms with Crippen molar-refractivity contribution in [1.29, 1.82) is 0 Å². The number of likely N-dealkylation sites (tertiary alicyclic amines) is 1. The van der Waals surface area contributed by atoms with Gasteiger partial charge in [-0.05, 0) is 64.1 Å². The topological polar surface area (TPSA) is 15.3 Å². The second kappa shape index (κ2) is 4.84. The minimum Gasteiger partial charge on any atom is -0.314 e. The molecule has 0 aromatic carbocycles. The van der Waals surface area contributed by atoms with Crippen LogP contribution in [0.5, 0.6) is 0 Å². The fourth-order valence-corrected chi connectivity index (χ4v) is 3.35. The van der Waals surface area contributed by atoms with Crippen LogP contribution in [-0.2, 0) is 0 Å². The van der Waals surface area contributed by atoms with Crippen molar-refractivity contribution < 1.29 is 0 Å². The highest BCUT2D eigenvalue weighted by molar-refractivity contribution is 4.93. The molecule has 1 aliphatic heterocycles. The molecule has 0 amide bonds. The minimum atomic E-state index is 0.707. The van der Waals surface area contributed by atoms with Crippen molar-refractivity contribution in [2.75, 3.05) is 26.7 Å². The third kappa shape index (κ3) is 2.73. The van der Waals surface area contributed by atoms with E-state index in [-0.39, 0.29) is 0 Å². The molecule has 2 nitrogen and oxygen atoms in total. The molecule has 1 spiro atoms. The Morgan fingerprint density at radius 2 is 2.00 bits per heavy atom. The summed E-state index contributed by atoms with van der Waals surface area (Å²) in [5, 5.41) is 3.68. The van der Waals surface area contributed by atoms with E-state index in [1.165, 1.54) is 58.2 Å². The van der Waals surface area contributed by atoms with Crippen molar-refractivity contribution in [3.05, 3.63) is 0 Å². The summed E-state index contributed by atoms with van der Waals surface area (Å²) in [5.41, 5.74) is 0.707. The maximum absolute atomic E-state index is 3.68. The molecule has 1 aliphatic carbocycles. The first-order valence-corrected chi connectivity index (χ1v) is 6.66. The molecule has 0 atom stereocenters. The quantitative estimate of drug-likeness (QED) is 0.768. The Bertz CT molecular complexity index is 195. The second-order valence-corrected chi connectivity index (χ2v) is 5.72. The van der Waals surface area contributed by atoms with Gasteiger partial charge in [0.2, 0.25) is 0 Å². The maximum atomic E-state index is 3.68. The molecular formula is C13H26N2. The average Bonchev–Trinajstić information content (AvgIpc) is 2.60. The van der Waals surface area contributed by atoms with Crippen LogP contribution < -0.4 is 5.32 Å². The van der Waals surface area contributed by atoms with Crippen LogP contribution in [0, 0.1) is 5.41 Å². The first-order chi connectivity index (χ1) is 7.24. The van der Waals surface area contributed by atoms with Gasteiger partial charge < -0.3 is 10.2 Å². The van der Waals surface area contributed by atoms with Crippen LogP contribution in [0.2, 0.25) is 0 Å². The van der Waals surface area contributed by atoms with Crippen LogP contribution in [0.25, 0.3) is 0 Å². The van der Waals surface area contributed by atoms with E-state index in [0.29, 0.717) is 5.41 Å². The van der Waals surface area contributed by atoms with E-state index in [1.807, 2.05) is 0 Å². The van der Waals surface area contributed by atoms with Crippen LogP contribution in [0.3, 0.4) is 0 Å². The molecule has 1 N–H and O–H groups in total. The van der Waals surface area contributed by atoms with Gasteiger partial charge in [-0.15, -0.1) is 0 Å². The van der Waals surface area contributed by atoms with E-state index in [1.54, 1.807) is 0 Å². The second-order valence-electron chi connectivity index (χ2n) is 5.72. The third-order valence-electron chi connectivity index (χ3n) is 4.36. The number of hydrogen-bond donors (Lipinski definition) is 1. The molecular weight excluding hydrogens is 184 g/mol. The zero-order valence-electron chi connectivity index (χ0n) is 10.4. The molecule has 0 radical (unpaired) electrons. The van der Waals surface area contributed by atoms with Crippen molar-refractivity contribution in [3.8, 4) is 0 Å². The van der Waals surface area contributed by atoms with Crippen molar-refractivity contribution in [2.45, 2.75) is 51.5 Å². The summed E-state index contributed by atoms with van der Waals surface area (Å²) in [6.07, 6.45) is 8.45. The van der Waals surface area contributed by atoms with Gasteiger partial charge in [-0.2, -0.15) is 0 Å². The smallest absolute Gasteiger partial charge is 0.00674 e. The SMILES string of the molecule is CCCNC1CCC2(CC1)CCN(C)C2. The van der Waals surface area contributed by atoms with E-state index >= 15 is 0 Å². The summed E-state index contributed by atoms with van der Waals surface area (Å²) in [6.45, 7) is 6.14. The summed E-state index contributed by atoms with van der Waals surface area (Å²) >= 11 is 0. The Hall–Kier alpha value is -0.0800. The Morgan fingerprint density at radius 3 is 2.53 bits per heavy atom. The molecule has 0 aromatic heterocycles. The molecule has 2 rings (SSSR count). The largest absolute Gasteiger partial charge is 0.314 e. The highest BCUT2D eigenvalue weighted by atomic mass is 15.1. The Labute approximate surface area is 94.4 Å². The maximum Gasteiger partial charge on any atom is 0.00674 e. The van der Waals surface area contributed by atoms with Gasteiger partial charge in [0, 0.05) is 12.6 Å². The fraction of sp³-hybridized carbons (Fsp3) is 1.00. The summed E-state index contributed by atoms with van der Waals surface area (Å²) in [7, 11) is 2.27. The number of nitrogens with one attached hydrogen (secondary N) is 1. The summed E-state index contributed by atoms with van der Waals surface area (Å²) < 4.78 is 0. The lowest BCUT2D eigenvalue weighted by Gasteiger charge is -2.37. The lowest BCUT2D eigenvalue weighted by atomic mass is 9.72. The van der Waals surface area contributed by atoms with E-state index in [4.69, 9.17) is 0 Å². The third-order valence-corrected chi connectivity index (χ3v) is 4.36. The standard InChI is InChI=1S/C13H26N2/c1-3-9-14-12-4-6-13(7-5-12)8-10-15(2)11-13/h12,14H,3-11H2,1-2H3. The molecule has 2 heteroatoms. The Kier molecular flexibility index (Phi) is 3.68. The number of nitrogens with zero attached hydrogens (tertiary/aromatic N) is 1. The molecule has 0 bridgehead atoms. The van der Waals surface area contributed by atoms with Gasteiger partial charge in [-0.3, -0.25) is 0 Å². The zero-order valence-corrected chi connectivity index (χ0v) is 10.4. The minimum absolute atomic E-state index is 0.707. The van der Waals surface area contributed by atoms with Crippen LogP contribution in [0.4, 0.5) is 0 Å². The molecule has 2 fully saturated rings. The van der Waals surface area contributed by atoms with Crippen molar-refractivity contribution in [2.24, 2.45) is 5.41 Å². The average molecular weight is 210 g/mol. The first-order valence-electron chi connectivity index (χ1n) is 6.66. The van der Waals surface area contributed by atoms with Gasteiger partial charge in [0.25, 0.3) is 0 Å². The van der Waals surface area contributed by atoms with Gasteiger partial charge in [0.1, 0.15) is 0 Å². The van der Waals surface area contributed by atoms with Gasteiger partial charge >= 0.3 is 0 Å². The summed E-state index contributed by atoms with van der Waals surface area (Å²) in [4.78, 5) is 2.51. The van der Waals surface area contributed by atoms with Gasteiger partial charge in [0.15, 0.2) is 0 Å². The zero-order chi connectivity index (χ0) is 10.7. The van der Waals surface area contributed by atoms with Crippen molar-refractivity contribution in [1.82, 2.24) is 10.2 Å². The van der Waals surface area contributed by atoms with Gasteiger partial charge in [-0.25, -0.2) is 0 Å². The van der Waals surface area contributed by atoms with E-state index in [2.05, 4.69) is 24.2 Å².